The summed E-state index contributed by atoms with van der Waals surface area (Å²) in [5.74, 6) is 1.47. The number of halogens is 1. The molecular weight excluding hydrogens is 282 g/mol. The molecule has 17 heavy (non-hydrogen) atoms. The quantitative estimate of drug-likeness (QED) is 0.877. The van der Waals surface area contributed by atoms with Gasteiger partial charge in [0.2, 0.25) is 0 Å². The number of ether oxygens (including phenoxy) is 2. The van der Waals surface area contributed by atoms with Gasteiger partial charge in [-0.25, -0.2) is 0 Å². The van der Waals surface area contributed by atoms with Gasteiger partial charge in [0.25, 0.3) is 0 Å². The summed E-state index contributed by atoms with van der Waals surface area (Å²) in [5.41, 5.74) is 6.51. The van der Waals surface area contributed by atoms with Crippen LogP contribution in [-0.4, -0.2) is 20.3 Å². The van der Waals surface area contributed by atoms with Crippen LogP contribution in [0.5, 0.6) is 11.5 Å². The highest BCUT2D eigenvalue weighted by atomic mass is 79.9. The van der Waals surface area contributed by atoms with Crippen molar-refractivity contribution in [1.82, 2.24) is 0 Å². The highest BCUT2D eigenvalue weighted by molar-refractivity contribution is 9.10. The van der Waals surface area contributed by atoms with Crippen LogP contribution in [0, 0.1) is 0 Å². The lowest BCUT2D eigenvalue weighted by molar-refractivity contribution is 0.310. The zero-order valence-corrected chi connectivity index (χ0v) is 11.8. The maximum atomic E-state index is 5.54. The van der Waals surface area contributed by atoms with Crippen LogP contribution in [0.2, 0.25) is 0 Å². The average molecular weight is 300 g/mol. The van der Waals surface area contributed by atoms with Crippen LogP contribution in [0.25, 0.3) is 6.08 Å². The number of methoxy groups -OCH3 is 1. The molecule has 4 heteroatoms. The minimum Gasteiger partial charge on any atom is -0.492 e. The van der Waals surface area contributed by atoms with Gasteiger partial charge in [-0.3, -0.25) is 0 Å². The molecule has 1 aromatic carbocycles. The van der Waals surface area contributed by atoms with E-state index in [1.54, 1.807) is 7.11 Å². The number of hydrogen-bond acceptors (Lipinski definition) is 3. The zero-order valence-electron chi connectivity index (χ0n) is 10.2. The van der Waals surface area contributed by atoms with Crippen LogP contribution < -0.4 is 15.2 Å². The fourth-order valence-electron chi connectivity index (χ4n) is 1.46. The first-order valence-corrected chi connectivity index (χ1v) is 6.39. The summed E-state index contributed by atoms with van der Waals surface area (Å²) < 4.78 is 11.7. The van der Waals surface area contributed by atoms with Crippen LogP contribution in [0.1, 0.15) is 18.9 Å². The maximum absolute atomic E-state index is 5.54. The molecule has 0 aliphatic heterocycles. The highest BCUT2D eigenvalue weighted by Gasteiger charge is 2.09. The Kier molecular flexibility index (Phi) is 6.08. The molecule has 0 saturated carbocycles. The Hall–Kier alpha value is -1.00. The first-order chi connectivity index (χ1) is 8.22. The molecule has 1 rings (SSSR count). The van der Waals surface area contributed by atoms with E-state index in [1.807, 2.05) is 31.2 Å². The lowest BCUT2D eigenvalue weighted by Crippen LogP contribution is -1.97. The molecule has 0 aromatic heterocycles. The van der Waals surface area contributed by atoms with Crippen molar-refractivity contribution in [2.45, 2.75) is 13.3 Å². The van der Waals surface area contributed by atoms with Crippen LogP contribution >= 0.6 is 15.9 Å². The van der Waals surface area contributed by atoms with Crippen molar-refractivity contribution in [3.05, 3.63) is 28.2 Å². The molecule has 3 nitrogen and oxygen atoms in total. The summed E-state index contributed by atoms with van der Waals surface area (Å²) >= 11 is 3.47. The first-order valence-electron chi connectivity index (χ1n) is 5.59. The van der Waals surface area contributed by atoms with E-state index in [0.29, 0.717) is 13.2 Å². The van der Waals surface area contributed by atoms with E-state index >= 15 is 0 Å². The Morgan fingerprint density at radius 1 is 1.41 bits per heavy atom. The molecule has 0 fully saturated rings. The predicted molar refractivity (Wildman–Crippen MR) is 74.6 cm³/mol. The van der Waals surface area contributed by atoms with Gasteiger partial charge in [-0.2, -0.15) is 0 Å². The van der Waals surface area contributed by atoms with Gasteiger partial charge in [-0.15, -0.1) is 0 Å². The van der Waals surface area contributed by atoms with Gasteiger partial charge in [0.05, 0.1) is 18.2 Å². The van der Waals surface area contributed by atoms with E-state index in [1.165, 1.54) is 0 Å². The lowest BCUT2D eigenvalue weighted by atomic mass is 10.1. The number of rotatable bonds is 6. The van der Waals surface area contributed by atoms with Crippen molar-refractivity contribution in [1.29, 1.82) is 0 Å². The summed E-state index contributed by atoms with van der Waals surface area (Å²) in [4.78, 5) is 0. The van der Waals surface area contributed by atoms with Crippen LogP contribution in [0.15, 0.2) is 22.7 Å². The topological polar surface area (TPSA) is 44.5 Å². The Morgan fingerprint density at radius 3 is 2.76 bits per heavy atom. The molecule has 0 amide bonds. The summed E-state index contributed by atoms with van der Waals surface area (Å²) in [7, 11) is 1.63. The highest BCUT2D eigenvalue weighted by Crippen LogP contribution is 2.36. The number of hydrogen-bond donors (Lipinski definition) is 1. The molecule has 0 aliphatic rings. The lowest BCUT2D eigenvalue weighted by Gasteiger charge is -2.12. The fraction of sp³-hybridized carbons (Fsp3) is 0.385. The molecule has 0 heterocycles. The number of nitrogens with two attached hydrogens (primary N) is 1. The minimum atomic E-state index is 0.610. The minimum absolute atomic E-state index is 0.610. The van der Waals surface area contributed by atoms with Crippen LogP contribution in [0.4, 0.5) is 0 Å². The van der Waals surface area contributed by atoms with Gasteiger partial charge in [0, 0.05) is 0 Å². The average Bonchev–Trinajstić information content (AvgIpc) is 2.30. The molecule has 0 saturated heterocycles. The monoisotopic (exact) mass is 299 g/mol. The molecule has 0 bridgehead atoms. The molecule has 0 spiro atoms. The Bertz CT molecular complexity index is 391. The molecule has 0 unspecified atom stereocenters. The molecule has 2 N–H and O–H groups in total. The van der Waals surface area contributed by atoms with Gasteiger partial charge in [-0.05, 0) is 53.5 Å². The van der Waals surface area contributed by atoms with Crippen molar-refractivity contribution in [2.24, 2.45) is 5.73 Å². The third-order valence-corrected chi connectivity index (χ3v) is 2.77. The second-order valence-electron chi connectivity index (χ2n) is 3.45. The van der Waals surface area contributed by atoms with Crippen LogP contribution in [-0.2, 0) is 0 Å². The third kappa shape index (κ3) is 4.06. The normalized spacial score (nSPS) is 10.8. The molecule has 1 aromatic rings. The fourth-order valence-corrected chi connectivity index (χ4v) is 2.08. The van der Waals surface area contributed by atoms with Crippen LogP contribution in [0.3, 0.4) is 0 Å². The summed E-state index contributed by atoms with van der Waals surface area (Å²) in [5, 5.41) is 0. The van der Waals surface area contributed by atoms with Gasteiger partial charge in [0.1, 0.15) is 0 Å². The Balaban J connectivity index is 3.01. The molecule has 0 radical (unpaired) electrons. The van der Waals surface area contributed by atoms with E-state index in [0.717, 1.165) is 28.0 Å². The van der Waals surface area contributed by atoms with Crippen molar-refractivity contribution in [3.63, 3.8) is 0 Å². The maximum Gasteiger partial charge on any atom is 0.174 e. The smallest absolute Gasteiger partial charge is 0.174 e. The van der Waals surface area contributed by atoms with Gasteiger partial charge < -0.3 is 15.2 Å². The zero-order chi connectivity index (χ0) is 12.7. The molecule has 0 aliphatic carbocycles. The molecule has 94 valence electrons. The summed E-state index contributed by atoms with van der Waals surface area (Å²) in [6.45, 7) is 3.22. The molecular formula is C13H18BrNO2. The standard InChI is InChI=1S/C13H18BrNO2/c1-3-17-12-9-10(6-4-5-7-15)8-11(14)13(12)16-2/h4,6,8-9H,3,5,7,15H2,1-2H3. The van der Waals surface area contributed by atoms with Gasteiger partial charge >= 0.3 is 0 Å². The van der Waals surface area contributed by atoms with E-state index in [-0.39, 0.29) is 0 Å². The molecule has 0 atom stereocenters. The van der Waals surface area contributed by atoms with E-state index in [4.69, 9.17) is 15.2 Å². The van der Waals surface area contributed by atoms with Crippen molar-refractivity contribution in [3.8, 4) is 11.5 Å². The second-order valence-corrected chi connectivity index (χ2v) is 4.30. The van der Waals surface area contributed by atoms with Crippen molar-refractivity contribution in [2.75, 3.05) is 20.3 Å². The summed E-state index contributed by atoms with van der Waals surface area (Å²) in [6, 6.07) is 3.95. The summed E-state index contributed by atoms with van der Waals surface area (Å²) in [6.07, 6.45) is 4.94. The van der Waals surface area contributed by atoms with Crippen molar-refractivity contribution < 1.29 is 9.47 Å². The van der Waals surface area contributed by atoms with E-state index < -0.39 is 0 Å². The number of benzene rings is 1. The van der Waals surface area contributed by atoms with Gasteiger partial charge in [-0.1, -0.05) is 12.2 Å². The first kappa shape index (κ1) is 14.1. The predicted octanol–water partition coefficient (Wildman–Crippen LogP) is 3.22. The van der Waals surface area contributed by atoms with Crippen molar-refractivity contribution >= 4 is 22.0 Å². The SMILES string of the molecule is CCOc1cc(C=CCCN)cc(Br)c1OC. The van der Waals surface area contributed by atoms with Gasteiger partial charge in [0.15, 0.2) is 11.5 Å². The largest absolute Gasteiger partial charge is 0.492 e. The Labute approximate surface area is 111 Å². The van der Waals surface area contributed by atoms with E-state index in [2.05, 4.69) is 15.9 Å². The third-order valence-electron chi connectivity index (χ3n) is 2.18. The van der Waals surface area contributed by atoms with E-state index in [9.17, 15) is 0 Å². The Morgan fingerprint density at radius 2 is 2.18 bits per heavy atom. The second kappa shape index (κ2) is 7.35.